The first kappa shape index (κ1) is 13.8. The molecule has 106 valence electrons. The lowest BCUT2D eigenvalue weighted by Crippen LogP contribution is -2.43. The maximum atomic E-state index is 6.13. The van der Waals surface area contributed by atoms with Crippen LogP contribution < -0.4 is 5.32 Å². The molecule has 0 unspecified atom stereocenters. The van der Waals surface area contributed by atoms with Crippen molar-refractivity contribution in [3.05, 3.63) is 34.1 Å². The van der Waals surface area contributed by atoms with E-state index < -0.39 is 0 Å². The maximum absolute atomic E-state index is 6.13. The third-order valence-corrected chi connectivity index (χ3v) is 3.75. The van der Waals surface area contributed by atoms with Gasteiger partial charge in [0.25, 0.3) is 5.89 Å². The fourth-order valence-corrected chi connectivity index (χ4v) is 2.65. The summed E-state index contributed by atoms with van der Waals surface area (Å²) in [4.78, 5) is 6.68. The first-order valence-corrected chi connectivity index (χ1v) is 7.19. The molecule has 5 nitrogen and oxygen atoms in total. The molecule has 0 amide bonds. The third kappa shape index (κ3) is 3.12. The van der Waals surface area contributed by atoms with Crippen LogP contribution in [0.15, 0.2) is 22.7 Å². The Kier molecular flexibility index (Phi) is 4.21. The summed E-state index contributed by atoms with van der Waals surface area (Å²) in [7, 11) is 0. The second-order valence-electron chi connectivity index (χ2n) is 4.67. The molecule has 1 aliphatic heterocycles. The SMILES string of the molecule is Clc1ccc(-c2nc(CN3CCNCC3)no2)c(Cl)c1. The lowest BCUT2D eigenvalue weighted by molar-refractivity contribution is 0.225. The smallest absolute Gasteiger partial charge is 0.259 e. The van der Waals surface area contributed by atoms with Crippen molar-refractivity contribution < 1.29 is 4.52 Å². The molecule has 1 saturated heterocycles. The van der Waals surface area contributed by atoms with E-state index in [1.54, 1.807) is 18.2 Å². The minimum Gasteiger partial charge on any atom is -0.334 e. The van der Waals surface area contributed by atoms with Gasteiger partial charge in [0.15, 0.2) is 5.82 Å². The molecule has 0 spiro atoms. The predicted molar refractivity (Wildman–Crippen MR) is 77.9 cm³/mol. The largest absolute Gasteiger partial charge is 0.334 e. The fourth-order valence-electron chi connectivity index (χ4n) is 2.16. The van der Waals surface area contributed by atoms with Crippen molar-refractivity contribution in [3.63, 3.8) is 0 Å². The van der Waals surface area contributed by atoms with Crippen molar-refractivity contribution in [1.29, 1.82) is 0 Å². The molecule has 0 aliphatic carbocycles. The quantitative estimate of drug-likeness (QED) is 0.943. The molecule has 0 bridgehead atoms. The predicted octanol–water partition coefficient (Wildman–Crippen LogP) is 2.45. The van der Waals surface area contributed by atoms with Crippen LogP contribution in [-0.4, -0.2) is 41.2 Å². The summed E-state index contributed by atoms with van der Waals surface area (Å²) in [5.41, 5.74) is 0.704. The molecule has 3 rings (SSSR count). The minimum atomic E-state index is 0.428. The summed E-state index contributed by atoms with van der Waals surface area (Å²) >= 11 is 12.0. The zero-order valence-electron chi connectivity index (χ0n) is 10.8. The van der Waals surface area contributed by atoms with E-state index in [4.69, 9.17) is 27.7 Å². The Bertz CT molecular complexity index is 596. The van der Waals surface area contributed by atoms with E-state index in [1.165, 1.54) is 0 Å². The Hall–Kier alpha value is -1.14. The number of hydrogen-bond donors (Lipinski definition) is 1. The molecule has 7 heteroatoms. The van der Waals surface area contributed by atoms with Crippen LogP contribution in [0.25, 0.3) is 11.5 Å². The van der Waals surface area contributed by atoms with Gasteiger partial charge in [0.05, 0.1) is 17.1 Å². The highest BCUT2D eigenvalue weighted by molar-refractivity contribution is 6.36. The van der Waals surface area contributed by atoms with Crippen LogP contribution in [0.5, 0.6) is 0 Å². The molecule has 1 fully saturated rings. The van der Waals surface area contributed by atoms with Gasteiger partial charge in [-0.1, -0.05) is 28.4 Å². The van der Waals surface area contributed by atoms with E-state index in [0.717, 1.165) is 26.2 Å². The van der Waals surface area contributed by atoms with E-state index >= 15 is 0 Å². The van der Waals surface area contributed by atoms with E-state index in [0.29, 0.717) is 33.9 Å². The number of rotatable bonds is 3. The van der Waals surface area contributed by atoms with E-state index in [2.05, 4.69) is 20.4 Å². The van der Waals surface area contributed by atoms with Crippen molar-refractivity contribution in [2.24, 2.45) is 0 Å². The van der Waals surface area contributed by atoms with Gasteiger partial charge in [-0.2, -0.15) is 4.98 Å². The van der Waals surface area contributed by atoms with Gasteiger partial charge < -0.3 is 9.84 Å². The Morgan fingerprint density at radius 2 is 2.05 bits per heavy atom. The van der Waals surface area contributed by atoms with E-state index in [1.807, 2.05) is 0 Å². The molecular weight excluding hydrogens is 299 g/mol. The number of nitrogens with one attached hydrogen (secondary N) is 1. The number of hydrogen-bond acceptors (Lipinski definition) is 5. The van der Waals surface area contributed by atoms with Gasteiger partial charge in [0, 0.05) is 31.2 Å². The molecule has 1 aromatic carbocycles. The highest BCUT2D eigenvalue weighted by Gasteiger charge is 2.16. The second kappa shape index (κ2) is 6.10. The van der Waals surface area contributed by atoms with Crippen LogP contribution in [0.3, 0.4) is 0 Å². The van der Waals surface area contributed by atoms with Crippen LogP contribution >= 0.6 is 23.2 Å². The lowest BCUT2D eigenvalue weighted by atomic mass is 10.2. The van der Waals surface area contributed by atoms with Gasteiger partial charge in [-0.05, 0) is 18.2 Å². The summed E-state index contributed by atoms with van der Waals surface area (Å²) in [5.74, 6) is 1.10. The van der Waals surface area contributed by atoms with Gasteiger partial charge in [0.1, 0.15) is 0 Å². The van der Waals surface area contributed by atoms with Crippen LogP contribution in [0.2, 0.25) is 10.0 Å². The second-order valence-corrected chi connectivity index (χ2v) is 5.51. The first-order chi connectivity index (χ1) is 9.72. The van der Waals surface area contributed by atoms with Crippen LogP contribution in [-0.2, 0) is 6.54 Å². The summed E-state index contributed by atoms with van der Waals surface area (Å²) in [6.45, 7) is 4.66. The van der Waals surface area contributed by atoms with E-state index in [9.17, 15) is 0 Å². The summed E-state index contributed by atoms with van der Waals surface area (Å²) in [6, 6.07) is 5.20. The van der Waals surface area contributed by atoms with E-state index in [-0.39, 0.29) is 0 Å². The molecule has 2 aromatic rings. The molecule has 0 saturated carbocycles. The van der Waals surface area contributed by atoms with Crippen LogP contribution in [0.1, 0.15) is 5.82 Å². The normalized spacial score (nSPS) is 16.5. The Morgan fingerprint density at radius 3 is 2.80 bits per heavy atom. The summed E-state index contributed by atoms with van der Waals surface area (Å²) < 4.78 is 5.28. The van der Waals surface area contributed by atoms with Gasteiger partial charge in [-0.25, -0.2) is 0 Å². The number of halogens is 2. The monoisotopic (exact) mass is 312 g/mol. The molecular formula is C13H14Cl2N4O. The van der Waals surface area contributed by atoms with Crippen molar-refractivity contribution >= 4 is 23.2 Å². The number of benzene rings is 1. The summed E-state index contributed by atoms with van der Waals surface area (Å²) in [6.07, 6.45) is 0. The molecule has 2 heterocycles. The number of aromatic nitrogens is 2. The standard InChI is InChI=1S/C13H14Cl2N4O/c14-9-1-2-10(11(15)7-9)13-17-12(18-20-13)8-19-5-3-16-4-6-19/h1-2,7,16H,3-6,8H2. The zero-order valence-corrected chi connectivity index (χ0v) is 12.3. The molecule has 1 aliphatic rings. The zero-order chi connectivity index (χ0) is 13.9. The average Bonchev–Trinajstić information content (AvgIpc) is 2.88. The highest BCUT2D eigenvalue weighted by Crippen LogP contribution is 2.29. The van der Waals surface area contributed by atoms with Crippen molar-refractivity contribution in [1.82, 2.24) is 20.4 Å². The van der Waals surface area contributed by atoms with Gasteiger partial charge in [-0.15, -0.1) is 0 Å². The topological polar surface area (TPSA) is 54.2 Å². The lowest BCUT2D eigenvalue weighted by Gasteiger charge is -2.25. The number of piperazine rings is 1. The highest BCUT2D eigenvalue weighted by atomic mass is 35.5. The number of nitrogens with zero attached hydrogens (tertiary/aromatic N) is 3. The Labute approximate surface area is 126 Å². The summed E-state index contributed by atoms with van der Waals surface area (Å²) in [5, 5.41) is 8.41. The van der Waals surface area contributed by atoms with Crippen molar-refractivity contribution in [3.8, 4) is 11.5 Å². The van der Waals surface area contributed by atoms with Crippen molar-refractivity contribution in [2.75, 3.05) is 26.2 Å². The third-order valence-electron chi connectivity index (χ3n) is 3.20. The Morgan fingerprint density at radius 1 is 1.25 bits per heavy atom. The molecule has 0 atom stereocenters. The fraction of sp³-hybridized carbons (Fsp3) is 0.385. The van der Waals surface area contributed by atoms with Gasteiger partial charge in [-0.3, -0.25) is 4.90 Å². The minimum absolute atomic E-state index is 0.428. The maximum Gasteiger partial charge on any atom is 0.259 e. The average molecular weight is 313 g/mol. The molecule has 20 heavy (non-hydrogen) atoms. The molecule has 1 aromatic heterocycles. The van der Waals surface area contributed by atoms with Crippen LogP contribution in [0.4, 0.5) is 0 Å². The first-order valence-electron chi connectivity index (χ1n) is 6.43. The van der Waals surface area contributed by atoms with Gasteiger partial charge >= 0.3 is 0 Å². The molecule has 0 radical (unpaired) electrons. The van der Waals surface area contributed by atoms with Crippen molar-refractivity contribution in [2.45, 2.75) is 6.54 Å². The van der Waals surface area contributed by atoms with Crippen LogP contribution in [0, 0.1) is 0 Å². The Balaban J connectivity index is 1.75. The molecule has 1 N–H and O–H groups in total. The van der Waals surface area contributed by atoms with Gasteiger partial charge in [0.2, 0.25) is 0 Å².